The largest absolute Gasteiger partial charge is 0.481 e. The minimum Gasteiger partial charge on any atom is -0.481 e. The number of anilines is 2. The van der Waals surface area contributed by atoms with E-state index in [1.165, 1.54) is 0 Å². The predicted octanol–water partition coefficient (Wildman–Crippen LogP) is 3.97. The molecule has 1 aliphatic heterocycles. The normalized spacial score (nSPS) is 22.2. The number of hydrogen-bond donors (Lipinski definition) is 1. The van der Waals surface area contributed by atoms with Gasteiger partial charge in [0.15, 0.2) is 0 Å². The topological polar surface area (TPSA) is 88.4 Å². The van der Waals surface area contributed by atoms with Crippen LogP contribution in [-0.4, -0.2) is 38.7 Å². The fraction of sp³-hybridized carbons (Fsp3) is 0.360. The van der Waals surface area contributed by atoms with Crippen LogP contribution in [-0.2, 0) is 28.0 Å². The number of aliphatic carboxylic acids is 1. The lowest BCUT2D eigenvalue weighted by molar-refractivity contribution is -0.157. The number of fused-ring (bicyclic) bond motifs is 1. The molecule has 0 bridgehead atoms. The molecule has 1 saturated carbocycles. The molecule has 5 rings (SSSR count). The van der Waals surface area contributed by atoms with E-state index in [1.807, 2.05) is 55.5 Å². The molecule has 7 nitrogen and oxygen atoms in total. The van der Waals surface area contributed by atoms with Crippen LogP contribution in [0.3, 0.4) is 0 Å². The van der Waals surface area contributed by atoms with Crippen molar-refractivity contribution in [1.82, 2.24) is 15.0 Å². The first-order valence-corrected chi connectivity index (χ1v) is 11.0. The quantitative estimate of drug-likeness (QED) is 0.633. The first-order valence-electron chi connectivity index (χ1n) is 11.0. The van der Waals surface area contributed by atoms with E-state index in [2.05, 4.69) is 14.9 Å². The second kappa shape index (κ2) is 8.31. The van der Waals surface area contributed by atoms with Gasteiger partial charge >= 0.3 is 5.97 Å². The zero-order chi connectivity index (χ0) is 22.1. The molecule has 0 atom stereocenters. The lowest BCUT2D eigenvalue weighted by Crippen LogP contribution is -2.52. The summed E-state index contributed by atoms with van der Waals surface area (Å²) < 4.78 is 5.98. The summed E-state index contributed by atoms with van der Waals surface area (Å²) in [6.07, 6.45) is 4.33. The summed E-state index contributed by atoms with van der Waals surface area (Å²) >= 11 is 0. The average molecular weight is 431 g/mol. The molecule has 0 radical (unpaired) electrons. The van der Waals surface area contributed by atoms with Crippen molar-refractivity contribution in [3.8, 4) is 0 Å². The van der Waals surface area contributed by atoms with Crippen molar-refractivity contribution in [3.05, 3.63) is 77.5 Å². The molecule has 2 aromatic heterocycles. The lowest BCUT2D eigenvalue weighted by Gasteiger charge is -2.44. The van der Waals surface area contributed by atoms with Crippen molar-refractivity contribution in [2.45, 2.75) is 50.7 Å². The number of pyridine rings is 1. The number of hydrogen-bond acceptors (Lipinski definition) is 6. The maximum Gasteiger partial charge on any atom is 0.315 e. The predicted molar refractivity (Wildman–Crippen MR) is 120 cm³/mol. The highest BCUT2D eigenvalue weighted by Gasteiger charge is 2.53. The van der Waals surface area contributed by atoms with E-state index in [9.17, 15) is 9.90 Å². The molecular formula is C25H26N4O3. The third-order valence-corrected chi connectivity index (χ3v) is 6.45. The van der Waals surface area contributed by atoms with Gasteiger partial charge < -0.3 is 14.7 Å². The molecule has 3 heterocycles. The number of benzene rings is 1. The van der Waals surface area contributed by atoms with Gasteiger partial charge in [-0.25, -0.2) is 9.97 Å². The van der Waals surface area contributed by atoms with E-state index in [4.69, 9.17) is 9.72 Å². The van der Waals surface area contributed by atoms with Crippen LogP contribution in [0.25, 0.3) is 0 Å². The van der Waals surface area contributed by atoms with Gasteiger partial charge in [0.2, 0.25) is 0 Å². The second-order valence-corrected chi connectivity index (χ2v) is 8.59. The third-order valence-electron chi connectivity index (χ3n) is 6.45. The van der Waals surface area contributed by atoms with E-state index >= 15 is 0 Å². The highest BCUT2D eigenvalue weighted by Crippen LogP contribution is 2.46. The number of rotatable bonds is 6. The molecule has 0 saturated heterocycles. The van der Waals surface area contributed by atoms with Gasteiger partial charge in [-0.05, 0) is 56.4 Å². The first kappa shape index (κ1) is 20.6. The van der Waals surface area contributed by atoms with Crippen molar-refractivity contribution in [1.29, 1.82) is 0 Å². The highest BCUT2D eigenvalue weighted by molar-refractivity contribution is 5.82. The lowest BCUT2D eigenvalue weighted by atomic mass is 9.64. The Morgan fingerprint density at radius 3 is 2.72 bits per heavy atom. The molecule has 2 aliphatic rings. The van der Waals surface area contributed by atoms with Gasteiger partial charge in [0, 0.05) is 12.7 Å². The van der Waals surface area contributed by atoms with Crippen LogP contribution in [0.5, 0.6) is 0 Å². The molecule has 1 N–H and O–H groups in total. The molecule has 0 amide bonds. The van der Waals surface area contributed by atoms with E-state index in [1.54, 1.807) is 6.20 Å². The minimum absolute atomic E-state index is 0.0790. The minimum atomic E-state index is -0.982. The Kier molecular flexibility index (Phi) is 5.35. The summed E-state index contributed by atoms with van der Waals surface area (Å²) in [6.45, 7) is 3.22. The molecular weight excluding hydrogens is 404 g/mol. The van der Waals surface area contributed by atoms with Crippen molar-refractivity contribution < 1.29 is 14.6 Å². The van der Waals surface area contributed by atoms with Gasteiger partial charge in [-0.2, -0.15) is 0 Å². The first-order chi connectivity index (χ1) is 15.5. The standard InChI is InChI=1S/C25H26N4O3/c1-17-26-12-11-23(27-17)29-13-5-8-20-21(29)9-10-22(28-20)25(24(30)31)14-19(15-25)32-16-18-6-3-2-4-7-18/h2-4,6-7,9-12,19H,5,8,13-16H2,1H3,(H,30,31). The summed E-state index contributed by atoms with van der Waals surface area (Å²) in [7, 11) is 0. The van der Waals surface area contributed by atoms with Crippen LogP contribution in [0, 0.1) is 6.92 Å². The van der Waals surface area contributed by atoms with Gasteiger partial charge in [-0.3, -0.25) is 9.78 Å². The van der Waals surface area contributed by atoms with Gasteiger partial charge in [0.1, 0.15) is 17.1 Å². The van der Waals surface area contributed by atoms with E-state index in [-0.39, 0.29) is 6.10 Å². The highest BCUT2D eigenvalue weighted by atomic mass is 16.5. The summed E-state index contributed by atoms with van der Waals surface area (Å²) in [5.41, 5.74) is 2.66. The monoisotopic (exact) mass is 430 g/mol. The zero-order valence-corrected chi connectivity index (χ0v) is 18.1. The molecule has 1 aromatic carbocycles. The van der Waals surface area contributed by atoms with Crippen molar-refractivity contribution in [3.63, 3.8) is 0 Å². The molecule has 1 aliphatic carbocycles. The van der Waals surface area contributed by atoms with Gasteiger partial charge in [0.05, 0.1) is 29.8 Å². The summed E-state index contributed by atoms with van der Waals surface area (Å²) in [6, 6.07) is 15.7. The maximum absolute atomic E-state index is 12.3. The summed E-state index contributed by atoms with van der Waals surface area (Å²) in [4.78, 5) is 28.0. The Morgan fingerprint density at radius 1 is 1.16 bits per heavy atom. The molecule has 32 heavy (non-hydrogen) atoms. The van der Waals surface area contributed by atoms with Crippen LogP contribution in [0.1, 0.15) is 42.0 Å². The second-order valence-electron chi connectivity index (χ2n) is 8.59. The molecule has 1 fully saturated rings. The van der Waals surface area contributed by atoms with Crippen molar-refractivity contribution >= 4 is 17.5 Å². The Balaban J connectivity index is 1.35. The number of nitrogens with zero attached hydrogens (tertiary/aromatic N) is 4. The van der Waals surface area contributed by atoms with Crippen LogP contribution in [0.4, 0.5) is 11.5 Å². The van der Waals surface area contributed by atoms with Crippen molar-refractivity contribution in [2.75, 3.05) is 11.4 Å². The number of ether oxygens (including phenoxy) is 1. The van der Waals surface area contributed by atoms with Gasteiger partial charge in [-0.15, -0.1) is 0 Å². The summed E-state index contributed by atoms with van der Waals surface area (Å²) in [5.74, 6) is 0.739. The Morgan fingerprint density at radius 2 is 1.97 bits per heavy atom. The molecule has 7 heteroatoms. The van der Waals surface area contributed by atoms with Crippen LogP contribution in [0.15, 0.2) is 54.7 Å². The molecule has 0 unspecified atom stereocenters. The Hall–Kier alpha value is -3.32. The van der Waals surface area contributed by atoms with E-state index < -0.39 is 11.4 Å². The number of carboxylic acids is 1. The van der Waals surface area contributed by atoms with Gasteiger partial charge in [-0.1, -0.05) is 30.3 Å². The maximum atomic E-state index is 12.3. The summed E-state index contributed by atoms with van der Waals surface area (Å²) in [5, 5.41) is 10.1. The fourth-order valence-electron chi connectivity index (χ4n) is 4.66. The number of aromatic nitrogens is 3. The van der Waals surface area contributed by atoms with Crippen LogP contribution < -0.4 is 4.90 Å². The van der Waals surface area contributed by atoms with Gasteiger partial charge in [0.25, 0.3) is 0 Å². The van der Waals surface area contributed by atoms with E-state index in [0.717, 1.165) is 48.0 Å². The average Bonchev–Trinajstić information content (AvgIpc) is 2.78. The molecule has 0 spiro atoms. The SMILES string of the molecule is Cc1nccc(N2CCCc3nc(C4(C(=O)O)CC(OCc5ccccc5)C4)ccc32)n1. The third kappa shape index (κ3) is 3.73. The zero-order valence-electron chi connectivity index (χ0n) is 18.1. The Bertz CT molecular complexity index is 1130. The van der Waals surface area contributed by atoms with Crippen LogP contribution >= 0.6 is 0 Å². The number of aryl methyl sites for hydroxylation is 2. The van der Waals surface area contributed by atoms with E-state index in [0.29, 0.717) is 25.1 Å². The van der Waals surface area contributed by atoms with Crippen LogP contribution in [0.2, 0.25) is 0 Å². The number of carbonyl (C=O) groups is 1. The molecule has 164 valence electrons. The van der Waals surface area contributed by atoms with Crippen molar-refractivity contribution in [2.24, 2.45) is 0 Å². The molecule has 3 aromatic rings. The smallest absolute Gasteiger partial charge is 0.315 e. The number of carboxylic acid groups (broad SMARTS) is 1. The fourth-order valence-corrected chi connectivity index (χ4v) is 4.66. The Labute approximate surface area is 187 Å².